The van der Waals surface area contributed by atoms with E-state index < -0.39 is 15.8 Å². The summed E-state index contributed by atoms with van der Waals surface area (Å²) < 4.78 is 42.1. The minimum absolute atomic E-state index is 0.206. The Morgan fingerprint density at radius 1 is 1.33 bits per heavy atom. The minimum Gasteiger partial charge on any atom is -0.494 e. The standard InChI is InChI=1S/C11H17FN2O3S/c1-17-11-4-3-9(7-10(11)12)8-13-5-6-14-18(2,15)16/h3-4,7,13-14H,5-6,8H2,1-2H3. The van der Waals surface area contributed by atoms with Crippen LogP contribution in [0, 0.1) is 5.82 Å². The Morgan fingerprint density at radius 3 is 2.61 bits per heavy atom. The van der Waals surface area contributed by atoms with E-state index in [4.69, 9.17) is 4.74 Å². The molecule has 102 valence electrons. The topological polar surface area (TPSA) is 67.4 Å². The normalized spacial score (nSPS) is 11.5. The van der Waals surface area contributed by atoms with Crippen LogP contribution >= 0.6 is 0 Å². The van der Waals surface area contributed by atoms with Crippen LogP contribution in [-0.4, -0.2) is 34.9 Å². The smallest absolute Gasteiger partial charge is 0.208 e. The first-order valence-electron chi connectivity index (χ1n) is 5.40. The lowest BCUT2D eigenvalue weighted by molar-refractivity contribution is 0.386. The van der Waals surface area contributed by atoms with E-state index in [1.165, 1.54) is 13.2 Å². The van der Waals surface area contributed by atoms with Crippen LogP contribution in [0.3, 0.4) is 0 Å². The molecule has 5 nitrogen and oxygen atoms in total. The molecule has 0 radical (unpaired) electrons. The molecule has 0 spiro atoms. The predicted octanol–water partition coefficient (Wildman–Crippen LogP) is 0.473. The molecule has 0 heterocycles. The third kappa shape index (κ3) is 5.44. The minimum atomic E-state index is -3.15. The number of hydrogen-bond donors (Lipinski definition) is 2. The number of rotatable bonds is 7. The van der Waals surface area contributed by atoms with Gasteiger partial charge in [-0.25, -0.2) is 17.5 Å². The van der Waals surface area contributed by atoms with E-state index in [1.807, 2.05) is 0 Å². The summed E-state index contributed by atoms with van der Waals surface area (Å²) in [6.07, 6.45) is 1.10. The average Bonchev–Trinajstić information content (AvgIpc) is 2.27. The lowest BCUT2D eigenvalue weighted by Gasteiger charge is -2.07. The molecule has 7 heteroatoms. The number of nitrogens with one attached hydrogen (secondary N) is 2. The van der Waals surface area contributed by atoms with Gasteiger partial charge < -0.3 is 10.1 Å². The fourth-order valence-corrected chi connectivity index (χ4v) is 1.85. The monoisotopic (exact) mass is 276 g/mol. The van der Waals surface area contributed by atoms with Gasteiger partial charge in [0.05, 0.1) is 13.4 Å². The van der Waals surface area contributed by atoms with Gasteiger partial charge >= 0.3 is 0 Å². The van der Waals surface area contributed by atoms with Crippen molar-refractivity contribution in [1.82, 2.24) is 10.0 Å². The Bertz CT molecular complexity index is 491. The van der Waals surface area contributed by atoms with E-state index in [0.29, 0.717) is 19.6 Å². The van der Waals surface area contributed by atoms with Crippen LogP contribution in [-0.2, 0) is 16.6 Å². The molecule has 0 atom stereocenters. The van der Waals surface area contributed by atoms with Crippen LogP contribution < -0.4 is 14.8 Å². The maximum Gasteiger partial charge on any atom is 0.208 e. The van der Waals surface area contributed by atoms with E-state index in [9.17, 15) is 12.8 Å². The summed E-state index contributed by atoms with van der Waals surface area (Å²) in [5.41, 5.74) is 0.771. The van der Waals surface area contributed by atoms with Crippen molar-refractivity contribution in [3.63, 3.8) is 0 Å². The first kappa shape index (κ1) is 14.9. The van der Waals surface area contributed by atoms with Crippen LogP contribution in [0.2, 0.25) is 0 Å². The van der Waals surface area contributed by atoms with Crippen molar-refractivity contribution in [3.8, 4) is 5.75 Å². The number of halogens is 1. The summed E-state index contributed by atoms with van der Waals surface area (Å²) in [5.74, 6) is -0.205. The summed E-state index contributed by atoms with van der Waals surface area (Å²) in [6, 6.07) is 4.69. The van der Waals surface area contributed by atoms with Gasteiger partial charge in [-0.3, -0.25) is 0 Å². The van der Waals surface area contributed by atoms with E-state index in [0.717, 1.165) is 11.8 Å². The molecule has 2 N–H and O–H groups in total. The van der Waals surface area contributed by atoms with E-state index >= 15 is 0 Å². The van der Waals surface area contributed by atoms with Gasteiger partial charge in [-0.1, -0.05) is 6.07 Å². The van der Waals surface area contributed by atoms with Crippen molar-refractivity contribution in [3.05, 3.63) is 29.6 Å². The molecule has 18 heavy (non-hydrogen) atoms. The summed E-state index contributed by atoms with van der Waals surface area (Å²) in [4.78, 5) is 0. The zero-order valence-electron chi connectivity index (χ0n) is 10.4. The van der Waals surface area contributed by atoms with Gasteiger partial charge in [-0.15, -0.1) is 0 Å². The molecule has 0 fully saturated rings. The molecule has 0 aromatic heterocycles. The summed E-state index contributed by atoms with van der Waals surface area (Å²) >= 11 is 0. The van der Waals surface area contributed by atoms with Crippen LogP contribution in [0.25, 0.3) is 0 Å². The predicted molar refractivity (Wildman–Crippen MR) is 67.5 cm³/mol. The number of sulfonamides is 1. The molecular formula is C11H17FN2O3S. The highest BCUT2D eigenvalue weighted by Gasteiger charge is 2.03. The highest BCUT2D eigenvalue weighted by atomic mass is 32.2. The molecule has 0 unspecified atom stereocenters. The van der Waals surface area contributed by atoms with E-state index in [2.05, 4.69) is 10.0 Å². The number of ether oxygens (including phenoxy) is 1. The van der Waals surface area contributed by atoms with Crippen molar-refractivity contribution in [1.29, 1.82) is 0 Å². The summed E-state index contributed by atoms with van der Waals surface area (Å²) in [5, 5.41) is 3.00. The van der Waals surface area contributed by atoms with E-state index in [1.54, 1.807) is 12.1 Å². The SMILES string of the molecule is COc1ccc(CNCCNS(C)(=O)=O)cc1F. The molecular weight excluding hydrogens is 259 g/mol. The lowest BCUT2D eigenvalue weighted by atomic mass is 10.2. The fraction of sp³-hybridized carbons (Fsp3) is 0.455. The Morgan fingerprint density at radius 2 is 2.06 bits per heavy atom. The molecule has 0 amide bonds. The number of methoxy groups -OCH3 is 1. The Hall–Kier alpha value is -1.18. The quantitative estimate of drug-likeness (QED) is 0.711. The van der Waals surface area contributed by atoms with Crippen molar-refractivity contribution in [2.75, 3.05) is 26.5 Å². The van der Waals surface area contributed by atoms with E-state index in [-0.39, 0.29) is 5.75 Å². The molecule has 0 saturated carbocycles. The third-order valence-corrected chi connectivity index (χ3v) is 2.94. The zero-order chi connectivity index (χ0) is 13.6. The highest BCUT2D eigenvalue weighted by molar-refractivity contribution is 7.88. The number of hydrogen-bond acceptors (Lipinski definition) is 4. The van der Waals surface area contributed by atoms with Gasteiger partial charge in [0.2, 0.25) is 10.0 Å². The lowest BCUT2D eigenvalue weighted by Crippen LogP contribution is -2.30. The Kier molecular flexibility index (Phi) is 5.52. The Labute approximate surface area is 106 Å². The van der Waals surface area contributed by atoms with Crippen LogP contribution in [0.4, 0.5) is 4.39 Å². The van der Waals surface area contributed by atoms with Gasteiger partial charge in [0.15, 0.2) is 11.6 Å². The van der Waals surface area contributed by atoms with Crippen molar-refractivity contribution in [2.45, 2.75) is 6.54 Å². The van der Waals surface area contributed by atoms with Crippen molar-refractivity contribution < 1.29 is 17.5 Å². The third-order valence-electron chi connectivity index (χ3n) is 2.21. The Balaban J connectivity index is 2.34. The van der Waals surface area contributed by atoms with Crippen molar-refractivity contribution >= 4 is 10.0 Å². The van der Waals surface area contributed by atoms with Gasteiger partial charge in [-0.05, 0) is 17.7 Å². The molecule has 0 bridgehead atoms. The summed E-state index contributed by atoms with van der Waals surface area (Å²) in [7, 11) is -1.74. The number of benzene rings is 1. The first-order chi connectivity index (χ1) is 8.42. The van der Waals surface area contributed by atoms with Crippen LogP contribution in [0.15, 0.2) is 18.2 Å². The van der Waals surface area contributed by atoms with Gasteiger partial charge in [-0.2, -0.15) is 0 Å². The average molecular weight is 276 g/mol. The fourth-order valence-electron chi connectivity index (χ4n) is 1.38. The van der Waals surface area contributed by atoms with Gasteiger partial charge in [0.25, 0.3) is 0 Å². The highest BCUT2D eigenvalue weighted by Crippen LogP contribution is 2.17. The second-order valence-electron chi connectivity index (χ2n) is 3.81. The van der Waals surface area contributed by atoms with Crippen LogP contribution in [0.1, 0.15) is 5.56 Å². The maximum atomic E-state index is 13.3. The van der Waals surface area contributed by atoms with Gasteiger partial charge in [0.1, 0.15) is 0 Å². The van der Waals surface area contributed by atoms with Crippen LogP contribution in [0.5, 0.6) is 5.75 Å². The molecule has 0 saturated heterocycles. The molecule has 0 aliphatic heterocycles. The largest absolute Gasteiger partial charge is 0.494 e. The second kappa shape index (κ2) is 6.67. The molecule has 1 rings (SSSR count). The summed E-state index contributed by atoms with van der Waals surface area (Å²) in [6.45, 7) is 1.24. The zero-order valence-corrected chi connectivity index (χ0v) is 11.2. The van der Waals surface area contributed by atoms with Gasteiger partial charge in [0, 0.05) is 19.6 Å². The molecule has 0 aliphatic rings. The molecule has 0 aliphatic carbocycles. The molecule has 1 aromatic carbocycles. The first-order valence-corrected chi connectivity index (χ1v) is 7.29. The second-order valence-corrected chi connectivity index (χ2v) is 5.65. The molecule has 1 aromatic rings. The van der Waals surface area contributed by atoms with Crippen molar-refractivity contribution in [2.24, 2.45) is 0 Å². The maximum absolute atomic E-state index is 13.3.